The highest BCUT2D eigenvalue weighted by Crippen LogP contribution is 2.24. The lowest BCUT2D eigenvalue weighted by Crippen LogP contribution is -2.24. The SMILES string of the molecule is CNC(C)Cc1noc(Cc2csc(-c3ccccc3)n2)n1.Cl. The second-order valence-electron chi connectivity index (χ2n) is 5.18. The topological polar surface area (TPSA) is 63.8 Å². The van der Waals surface area contributed by atoms with E-state index < -0.39 is 0 Å². The molecule has 3 rings (SSSR count). The molecule has 0 aliphatic carbocycles. The van der Waals surface area contributed by atoms with Gasteiger partial charge in [0, 0.05) is 23.4 Å². The number of rotatable bonds is 6. The van der Waals surface area contributed by atoms with Crippen LogP contribution in [0.15, 0.2) is 40.2 Å². The van der Waals surface area contributed by atoms with E-state index in [0.29, 0.717) is 18.4 Å². The van der Waals surface area contributed by atoms with Gasteiger partial charge >= 0.3 is 0 Å². The molecule has 23 heavy (non-hydrogen) atoms. The van der Waals surface area contributed by atoms with Gasteiger partial charge in [-0.05, 0) is 14.0 Å². The predicted octanol–water partition coefficient (Wildman–Crippen LogP) is 3.36. The van der Waals surface area contributed by atoms with E-state index >= 15 is 0 Å². The van der Waals surface area contributed by atoms with E-state index in [1.165, 1.54) is 0 Å². The van der Waals surface area contributed by atoms with Crippen molar-refractivity contribution in [2.24, 2.45) is 0 Å². The van der Waals surface area contributed by atoms with E-state index in [-0.39, 0.29) is 12.4 Å². The van der Waals surface area contributed by atoms with Gasteiger partial charge in [0.2, 0.25) is 5.89 Å². The van der Waals surface area contributed by atoms with Crippen molar-refractivity contribution in [2.45, 2.75) is 25.8 Å². The van der Waals surface area contributed by atoms with Gasteiger partial charge in [0.1, 0.15) is 5.01 Å². The maximum absolute atomic E-state index is 5.30. The molecule has 3 aromatic rings. The fourth-order valence-electron chi connectivity index (χ4n) is 2.08. The van der Waals surface area contributed by atoms with Crippen LogP contribution in [0.3, 0.4) is 0 Å². The fraction of sp³-hybridized carbons (Fsp3) is 0.312. The summed E-state index contributed by atoms with van der Waals surface area (Å²) in [5, 5.41) is 10.2. The summed E-state index contributed by atoms with van der Waals surface area (Å²) in [5.74, 6) is 1.35. The lowest BCUT2D eigenvalue weighted by Gasteiger charge is -2.04. The normalized spacial score (nSPS) is 11.9. The Morgan fingerprint density at radius 2 is 2.00 bits per heavy atom. The van der Waals surface area contributed by atoms with E-state index in [2.05, 4.69) is 39.5 Å². The molecule has 0 aliphatic rings. The summed E-state index contributed by atoms with van der Waals surface area (Å²) in [6.45, 7) is 2.09. The van der Waals surface area contributed by atoms with Gasteiger partial charge in [-0.3, -0.25) is 0 Å². The molecular weight excluding hydrogens is 332 g/mol. The summed E-state index contributed by atoms with van der Waals surface area (Å²) in [6.07, 6.45) is 1.33. The molecule has 0 amide bonds. The van der Waals surface area contributed by atoms with Crippen molar-refractivity contribution in [2.75, 3.05) is 7.05 Å². The summed E-state index contributed by atoms with van der Waals surface area (Å²) in [7, 11) is 1.92. The van der Waals surface area contributed by atoms with E-state index in [9.17, 15) is 0 Å². The molecule has 1 N–H and O–H groups in total. The van der Waals surface area contributed by atoms with E-state index in [1.807, 2.05) is 30.6 Å². The van der Waals surface area contributed by atoms with Crippen molar-refractivity contribution in [1.82, 2.24) is 20.4 Å². The van der Waals surface area contributed by atoms with Gasteiger partial charge < -0.3 is 9.84 Å². The minimum absolute atomic E-state index is 0. The van der Waals surface area contributed by atoms with Crippen LogP contribution >= 0.6 is 23.7 Å². The molecule has 0 saturated heterocycles. The Morgan fingerprint density at radius 3 is 2.74 bits per heavy atom. The molecule has 1 aromatic carbocycles. The zero-order chi connectivity index (χ0) is 15.4. The van der Waals surface area contributed by atoms with Gasteiger partial charge in [0.05, 0.1) is 12.1 Å². The van der Waals surface area contributed by atoms with Crippen LogP contribution in [0.4, 0.5) is 0 Å². The Kier molecular flexibility index (Phi) is 6.27. The van der Waals surface area contributed by atoms with Crippen LogP contribution in [0.25, 0.3) is 10.6 Å². The zero-order valence-electron chi connectivity index (χ0n) is 13.0. The largest absolute Gasteiger partial charge is 0.339 e. The number of thiazole rings is 1. The van der Waals surface area contributed by atoms with Crippen LogP contribution in [0, 0.1) is 0 Å². The van der Waals surface area contributed by atoms with Crippen molar-refractivity contribution in [3.8, 4) is 10.6 Å². The molecule has 0 bridgehead atoms. The third-order valence-electron chi connectivity index (χ3n) is 3.40. The third kappa shape index (κ3) is 4.60. The molecule has 0 spiro atoms. The second kappa shape index (κ2) is 8.19. The smallest absolute Gasteiger partial charge is 0.232 e. The van der Waals surface area contributed by atoms with E-state index in [1.54, 1.807) is 11.3 Å². The molecule has 122 valence electrons. The lowest BCUT2D eigenvalue weighted by molar-refractivity contribution is 0.376. The van der Waals surface area contributed by atoms with Gasteiger partial charge in [0.15, 0.2) is 5.82 Å². The maximum Gasteiger partial charge on any atom is 0.232 e. The monoisotopic (exact) mass is 350 g/mol. The van der Waals surface area contributed by atoms with E-state index in [0.717, 1.165) is 28.5 Å². The molecule has 2 heterocycles. The van der Waals surface area contributed by atoms with Crippen molar-refractivity contribution >= 4 is 23.7 Å². The van der Waals surface area contributed by atoms with Crippen LogP contribution < -0.4 is 5.32 Å². The van der Waals surface area contributed by atoms with E-state index in [4.69, 9.17) is 4.52 Å². The average molecular weight is 351 g/mol. The highest BCUT2D eigenvalue weighted by molar-refractivity contribution is 7.13. The number of halogens is 1. The predicted molar refractivity (Wildman–Crippen MR) is 94.1 cm³/mol. The summed E-state index contributed by atoms with van der Waals surface area (Å²) in [4.78, 5) is 9.06. The lowest BCUT2D eigenvalue weighted by atomic mass is 10.2. The molecule has 5 nitrogen and oxygen atoms in total. The highest BCUT2D eigenvalue weighted by Gasteiger charge is 2.12. The molecular formula is C16H19ClN4OS. The van der Waals surface area contributed by atoms with Crippen LogP contribution in [0.2, 0.25) is 0 Å². The highest BCUT2D eigenvalue weighted by atomic mass is 35.5. The molecule has 1 unspecified atom stereocenters. The second-order valence-corrected chi connectivity index (χ2v) is 6.04. The van der Waals surface area contributed by atoms with Gasteiger partial charge in [-0.25, -0.2) is 4.98 Å². The average Bonchev–Trinajstić information content (AvgIpc) is 3.18. The molecule has 0 radical (unpaired) electrons. The Labute approximate surface area is 145 Å². The number of benzene rings is 1. The van der Waals surface area contributed by atoms with Gasteiger partial charge in [-0.1, -0.05) is 35.5 Å². The fourth-order valence-corrected chi connectivity index (χ4v) is 2.90. The quantitative estimate of drug-likeness (QED) is 0.738. The first-order valence-corrected chi connectivity index (χ1v) is 8.11. The van der Waals surface area contributed by atoms with Crippen LogP contribution in [-0.4, -0.2) is 28.2 Å². The standard InChI is InChI=1S/C16H18N4OS.ClH/c1-11(17-2)8-14-19-15(21-20-14)9-13-10-22-16(18-13)12-6-4-3-5-7-12;/h3-7,10-11,17H,8-9H2,1-2H3;1H. The summed E-state index contributed by atoms with van der Waals surface area (Å²) >= 11 is 1.63. The molecule has 0 fully saturated rings. The molecule has 0 aliphatic heterocycles. The van der Waals surface area contributed by atoms with Crippen molar-refractivity contribution in [3.63, 3.8) is 0 Å². The molecule has 0 saturated carbocycles. The number of hydrogen-bond acceptors (Lipinski definition) is 6. The summed E-state index contributed by atoms with van der Waals surface area (Å²) in [6, 6.07) is 10.5. The van der Waals surface area contributed by atoms with Crippen molar-refractivity contribution in [3.05, 3.63) is 53.1 Å². The number of nitrogens with one attached hydrogen (secondary N) is 1. The Hall–Kier alpha value is -1.76. The Balaban J connectivity index is 0.00000192. The molecule has 7 heteroatoms. The molecule has 1 atom stereocenters. The zero-order valence-corrected chi connectivity index (χ0v) is 14.7. The van der Waals surface area contributed by atoms with Gasteiger partial charge in [-0.2, -0.15) is 4.98 Å². The minimum atomic E-state index is 0. The van der Waals surface area contributed by atoms with Crippen molar-refractivity contribution in [1.29, 1.82) is 0 Å². The van der Waals surface area contributed by atoms with Crippen LogP contribution in [-0.2, 0) is 12.8 Å². The number of nitrogens with zero attached hydrogens (tertiary/aromatic N) is 3. The Bertz CT molecular complexity index is 729. The van der Waals surface area contributed by atoms with Crippen molar-refractivity contribution < 1.29 is 4.52 Å². The van der Waals surface area contributed by atoms with Crippen LogP contribution in [0.1, 0.15) is 24.3 Å². The number of aromatic nitrogens is 3. The number of likely N-dealkylation sites (N-methyl/N-ethyl adjacent to an activating group) is 1. The van der Waals surface area contributed by atoms with Gasteiger partial charge in [-0.15, -0.1) is 23.7 Å². The summed E-state index contributed by atoms with van der Waals surface area (Å²) in [5.41, 5.74) is 2.09. The summed E-state index contributed by atoms with van der Waals surface area (Å²) < 4.78 is 5.30. The molecule has 2 aromatic heterocycles. The first-order valence-electron chi connectivity index (χ1n) is 7.23. The van der Waals surface area contributed by atoms with Gasteiger partial charge in [0.25, 0.3) is 0 Å². The minimum Gasteiger partial charge on any atom is -0.339 e. The first kappa shape index (κ1) is 17.6. The third-order valence-corrected chi connectivity index (χ3v) is 4.34. The Morgan fingerprint density at radius 1 is 1.22 bits per heavy atom. The first-order chi connectivity index (χ1) is 10.7. The maximum atomic E-state index is 5.30. The number of hydrogen-bond donors (Lipinski definition) is 1. The van der Waals surface area contributed by atoms with Crippen LogP contribution in [0.5, 0.6) is 0 Å².